The molecule has 0 bridgehead atoms. The van der Waals surface area contributed by atoms with Crippen molar-refractivity contribution in [2.24, 2.45) is 0 Å². The number of hydrogen-bond donors (Lipinski definition) is 0. The largest absolute Gasteiger partial charge is 3.00 e. The summed E-state index contributed by atoms with van der Waals surface area (Å²) >= 11 is 0. The Labute approximate surface area is 91.2 Å². The Hall–Kier alpha value is 0.233. The molecule has 79 valence electrons. The van der Waals surface area contributed by atoms with Crippen molar-refractivity contribution in [3.05, 3.63) is 15.3 Å². The molecular formula is H12DyNO9+2. The van der Waals surface area contributed by atoms with Crippen LogP contribution in [-0.2, 0) is 0 Å². The van der Waals surface area contributed by atoms with Crippen molar-refractivity contribution in [2.45, 2.75) is 0 Å². The number of rotatable bonds is 0. The van der Waals surface area contributed by atoms with Crippen LogP contribution in [-0.4, -0.2) is 37.9 Å². The summed E-state index contributed by atoms with van der Waals surface area (Å²) in [5.41, 5.74) is 0. The summed E-state index contributed by atoms with van der Waals surface area (Å²) in [5.74, 6) is 0. The first-order valence-electron chi connectivity index (χ1n) is 0.548. The maximum absolute atomic E-state index is 8.25. The van der Waals surface area contributed by atoms with Gasteiger partial charge in [-0.25, -0.2) is 0 Å². The van der Waals surface area contributed by atoms with E-state index < -0.39 is 5.09 Å². The van der Waals surface area contributed by atoms with Gasteiger partial charge in [0.15, 0.2) is 0 Å². The zero-order valence-electron chi connectivity index (χ0n) is 4.99. The molecule has 11 heteroatoms. The molecular weight excluding hydrogens is 320 g/mol. The van der Waals surface area contributed by atoms with Crippen molar-refractivity contribution in [3.8, 4) is 0 Å². The van der Waals surface area contributed by atoms with E-state index in [1.54, 1.807) is 0 Å². The standard InChI is InChI=1S/Dy.NO3.6H2O/c;2-1(3)4;;;;;;/h;;6*1H2/q+3;-1;;;;;;. The minimum absolute atomic E-state index is 0. The molecule has 0 aliphatic rings. The van der Waals surface area contributed by atoms with Crippen molar-refractivity contribution in [1.82, 2.24) is 0 Å². The molecule has 0 unspecified atom stereocenters. The summed E-state index contributed by atoms with van der Waals surface area (Å²) in [5, 5.41) is 14.8. The third kappa shape index (κ3) is 12800. The molecule has 0 aromatic rings. The van der Waals surface area contributed by atoms with Gasteiger partial charge < -0.3 is 48.2 Å². The van der Waals surface area contributed by atoms with Gasteiger partial charge in [-0.1, -0.05) is 0 Å². The molecule has 0 heterocycles. The van der Waals surface area contributed by atoms with Gasteiger partial charge in [-0.05, 0) is 0 Å². The maximum atomic E-state index is 8.25. The van der Waals surface area contributed by atoms with E-state index in [1.165, 1.54) is 0 Å². The van der Waals surface area contributed by atoms with Gasteiger partial charge in [-0.3, -0.25) is 0 Å². The normalized spacial score (nSPS) is 2.18. The molecule has 10 nitrogen and oxygen atoms in total. The predicted molar refractivity (Wildman–Crippen MR) is 32.0 cm³/mol. The molecule has 0 atom stereocenters. The van der Waals surface area contributed by atoms with Crippen LogP contribution in [0, 0.1) is 53.5 Å². The van der Waals surface area contributed by atoms with Gasteiger partial charge in [-0.15, -0.1) is 0 Å². The average Bonchev–Trinajstić information content (AvgIpc) is 0.811. The van der Waals surface area contributed by atoms with E-state index in [2.05, 4.69) is 0 Å². The van der Waals surface area contributed by atoms with Gasteiger partial charge in [0.2, 0.25) is 0 Å². The molecule has 0 aromatic carbocycles. The Balaban J connectivity index is -0.00000000214. The molecule has 0 saturated heterocycles. The van der Waals surface area contributed by atoms with Crippen LogP contribution in [0.15, 0.2) is 0 Å². The molecule has 12 N–H and O–H groups in total. The monoisotopic (exact) mass is 334 g/mol. The summed E-state index contributed by atoms with van der Waals surface area (Å²) in [4.78, 5) is 8.25. The van der Waals surface area contributed by atoms with Crippen molar-refractivity contribution in [1.29, 1.82) is 0 Å². The molecule has 0 saturated carbocycles. The van der Waals surface area contributed by atoms with E-state index in [-0.39, 0.29) is 71.0 Å². The molecule has 0 aromatic heterocycles. The number of hydrogen-bond acceptors (Lipinski definition) is 3. The van der Waals surface area contributed by atoms with Crippen molar-refractivity contribution in [3.63, 3.8) is 0 Å². The minimum Gasteiger partial charge on any atom is -0.412 e. The van der Waals surface area contributed by atoms with Crippen LogP contribution in [0.5, 0.6) is 0 Å². The Morgan fingerprint density at radius 1 is 0.727 bits per heavy atom. The molecule has 0 amide bonds. The van der Waals surface area contributed by atoms with Gasteiger partial charge >= 0.3 is 38.2 Å². The van der Waals surface area contributed by atoms with E-state index in [9.17, 15) is 0 Å². The minimum atomic E-state index is -1.75. The second-order valence-corrected chi connectivity index (χ2v) is 0.224. The van der Waals surface area contributed by atoms with Crippen molar-refractivity contribution >= 4 is 0 Å². The first kappa shape index (κ1) is 113. The summed E-state index contributed by atoms with van der Waals surface area (Å²) in [6.07, 6.45) is 0. The molecule has 0 aliphatic heterocycles. The molecule has 1 radical (unpaired) electrons. The van der Waals surface area contributed by atoms with Crippen LogP contribution in [0.25, 0.3) is 0 Å². The van der Waals surface area contributed by atoms with Gasteiger partial charge in [-0.2, -0.15) is 0 Å². The van der Waals surface area contributed by atoms with Crippen LogP contribution < -0.4 is 0 Å². The van der Waals surface area contributed by atoms with E-state index in [0.717, 1.165) is 0 Å². The molecule has 11 heavy (non-hydrogen) atoms. The molecule has 0 rings (SSSR count). The van der Waals surface area contributed by atoms with Crippen LogP contribution >= 0.6 is 0 Å². The third-order valence-electron chi connectivity index (χ3n) is 0. The van der Waals surface area contributed by atoms with Crippen LogP contribution in [0.1, 0.15) is 0 Å². The van der Waals surface area contributed by atoms with Crippen LogP contribution in [0.2, 0.25) is 0 Å². The zero-order valence-corrected chi connectivity index (χ0v) is 7.02. The Morgan fingerprint density at radius 2 is 0.727 bits per heavy atom. The second-order valence-electron chi connectivity index (χ2n) is 0.224. The fourth-order valence-electron chi connectivity index (χ4n) is 0. The topological polar surface area (TPSA) is 255 Å². The summed E-state index contributed by atoms with van der Waals surface area (Å²) in [6.45, 7) is 0. The van der Waals surface area contributed by atoms with E-state index in [1.807, 2.05) is 0 Å². The molecule has 0 spiro atoms. The van der Waals surface area contributed by atoms with E-state index >= 15 is 0 Å². The van der Waals surface area contributed by atoms with Crippen LogP contribution in [0.4, 0.5) is 0 Å². The SMILES string of the molecule is O.O.O.O.O.O.O=[N+]([O-])[O-].[Dy+3]. The summed E-state index contributed by atoms with van der Waals surface area (Å²) in [6, 6.07) is 0. The van der Waals surface area contributed by atoms with Crippen molar-refractivity contribution in [2.75, 3.05) is 0 Å². The second kappa shape index (κ2) is 83.5. The first-order valence-corrected chi connectivity index (χ1v) is 0.548. The quantitative estimate of drug-likeness (QED) is 0.311. The fourth-order valence-corrected chi connectivity index (χ4v) is 0. The summed E-state index contributed by atoms with van der Waals surface area (Å²) < 4.78 is 0. The Bertz CT molecular complexity index is 32.5. The molecule has 0 aliphatic carbocycles. The third-order valence-corrected chi connectivity index (χ3v) is 0. The van der Waals surface area contributed by atoms with Gasteiger partial charge in [0.05, 0.1) is 5.09 Å². The molecule has 0 fully saturated rings. The number of nitrogens with zero attached hydrogens (tertiary/aromatic N) is 1. The van der Waals surface area contributed by atoms with Gasteiger partial charge in [0.1, 0.15) is 0 Å². The van der Waals surface area contributed by atoms with Gasteiger partial charge in [0.25, 0.3) is 0 Å². The van der Waals surface area contributed by atoms with E-state index in [0.29, 0.717) is 0 Å². The maximum Gasteiger partial charge on any atom is 3.00 e. The van der Waals surface area contributed by atoms with Gasteiger partial charge in [0, 0.05) is 0 Å². The zero-order chi connectivity index (χ0) is 3.58. The first-order chi connectivity index (χ1) is 1.73. The fraction of sp³-hybridized carbons (Fsp3) is 0. The van der Waals surface area contributed by atoms with Crippen molar-refractivity contribution < 1.29 is 76.1 Å². The summed E-state index contributed by atoms with van der Waals surface area (Å²) in [7, 11) is 0. The Morgan fingerprint density at radius 3 is 0.727 bits per heavy atom. The smallest absolute Gasteiger partial charge is 0.412 e. The average molecular weight is 333 g/mol. The van der Waals surface area contributed by atoms with Crippen LogP contribution in [0.3, 0.4) is 0 Å². The van der Waals surface area contributed by atoms with E-state index in [4.69, 9.17) is 15.3 Å². The Kier molecular flexibility index (Phi) is 854. The predicted octanol–water partition coefficient (Wildman–Crippen LogP) is -5.19.